The Balaban J connectivity index is 1.90. The molecule has 0 bridgehead atoms. The molecule has 0 aromatic carbocycles. The number of fused-ring (bicyclic) bond motifs is 1. The van der Waals surface area contributed by atoms with Crippen molar-refractivity contribution in [1.29, 1.82) is 0 Å². The summed E-state index contributed by atoms with van der Waals surface area (Å²) in [4.78, 5) is 13.4. The molecule has 0 unspecified atom stereocenters. The van der Waals surface area contributed by atoms with Gasteiger partial charge in [0, 0.05) is 23.3 Å². The standard InChI is InChI=1S/C14H14N6/c1-14(3-4-14)20-13-10-2-5-15-8-11(10)18-12(19-13)9-6-16-17-7-9/h2,5-8H,3-4H2,1H3,(H,16,17)(H,18,19,20). The summed E-state index contributed by atoms with van der Waals surface area (Å²) < 4.78 is 0. The van der Waals surface area contributed by atoms with Gasteiger partial charge in [-0.3, -0.25) is 10.1 Å². The summed E-state index contributed by atoms with van der Waals surface area (Å²) in [6, 6.07) is 1.95. The van der Waals surface area contributed by atoms with E-state index in [2.05, 4.69) is 37.4 Å². The number of hydrogen-bond donors (Lipinski definition) is 2. The highest BCUT2D eigenvalue weighted by atomic mass is 15.1. The van der Waals surface area contributed by atoms with Gasteiger partial charge in [-0.2, -0.15) is 5.10 Å². The van der Waals surface area contributed by atoms with E-state index in [1.807, 2.05) is 6.07 Å². The highest BCUT2D eigenvalue weighted by Crippen LogP contribution is 2.39. The van der Waals surface area contributed by atoms with Crippen LogP contribution >= 0.6 is 0 Å². The monoisotopic (exact) mass is 266 g/mol. The van der Waals surface area contributed by atoms with E-state index in [9.17, 15) is 0 Å². The fraction of sp³-hybridized carbons (Fsp3) is 0.286. The first-order valence-electron chi connectivity index (χ1n) is 6.63. The van der Waals surface area contributed by atoms with Crippen molar-refractivity contribution in [1.82, 2.24) is 25.1 Å². The van der Waals surface area contributed by atoms with E-state index in [0.29, 0.717) is 5.82 Å². The number of rotatable bonds is 3. The molecule has 3 heterocycles. The van der Waals surface area contributed by atoms with Gasteiger partial charge in [-0.25, -0.2) is 9.97 Å². The van der Waals surface area contributed by atoms with Crippen molar-refractivity contribution in [3.05, 3.63) is 30.9 Å². The van der Waals surface area contributed by atoms with E-state index >= 15 is 0 Å². The first-order chi connectivity index (χ1) is 9.73. The number of anilines is 1. The molecule has 4 rings (SSSR count). The summed E-state index contributed by atoms with van der Waals surface area (Å²) in [5.74, 6) is 1.53. The van der Waals surface area contributed by atoms with Crippen LogP contribution in [0.2, 0.25) is 0 Å². The highest BCUT2D eigenvalue weighted by molar-refractivity contribution is 5.90. The first-order valence-corrected chi connectivity index (χ1v) is 6.63. The van der Waals surface area contributed by atoms with Gasteiger partial charge in [0.2, 0.25) is 0 Å². The summed E-state index contributed by atoms with van der Waals surface area (Å²) in [7, 11) is 0. The number of nitrogens with one attached hydrogen (secondary N) is 2. The fourth-order valence-electron chi connectivity index (χ4n) is 2.18. The van der Waals surface area contributed by atoms with Crippen LogP contribution < -0.4 is 5.32 Å². The Morgan fingerprint density at radius 2 is 2.15 bits per heavy atom. The second kappa shape index (κ2) is 4.00. The van der Waals surface area contributed by atoms with Gasteiger partial charge in [0.15, 0.2) is 5.82 Å². The average molecular weight is 266 g/mol. The van der Waals surface area contributed by atoms with E-state index < -0.39 is 0 Å². The van der Waals surface area contributed by atoms with Crippen LogP contribution in [0.5, 0.6) is 0 Å². The number of hydrogen-bond acceptors (Lipinski definition) is 5. The van der Waals surface area contributed by atoms with Crippen molar-refractivity contribution in [2.75, 3.05) is 5.32 Å². The third-order valence-corrected chi connectivity index (χ3v) is 3.68. The maximum atomic E-state index is 4.66. The van der Waals surface area contributed by atoms with E-state index in [0.717, 1.165) is 22.3 Å². The molecule has 2 N–H and O–H groups in total. The minimum absolute atomic E-state index is 0.165. The zero-order chi connectivity index (χ0) is 13.6. The van der Waals surface area contributed by atoms with E-state index in [1.165, 1.54) is 12.8 Å². The Hall–Kier alpha value is -2.50. The quantitative estimate of drug-likeness (QED) is 0.761. The van der Waals surface area contributed by atoms with Gasteiger partial charge in [0.1, 0.15) is 5.82 Å². The number of aromatic amines is 1. The zero-order valence-corrected chi connectivity index (χ0v) is 11.1. The number of nitrogens with zero attached hydrogens (tertiary/aromatic N) is 4. The van der Waals surface area contributed by atoms with Crippen molar-refractivity contribution >= 4 is 16.7 Å². The average Bonchev–Trinajstić information content (AvgIpc) is 2.97. The largest absolute Gasteiger partial charge is 0.364 e. The maximum Gasteiger partial charge on any atom is 0.165 e. The Morgan fingerprint density at radius 3 is 2.90 bits per heavy atom. The van der Waals surface area contributed by atoms with Crippen LogP contribution in [0.25, 0.3) is 22.3 Å². The SMILES string of the molecule is CC1(Nc2nc(-c3cn[nH]c3)nc3cnccc23)CC1. The normalized spacial score (nSPS) is 16.2. The van der Waals surface area contributed by atoms with Crippen molar-refractivity contribution in [3.63, 3.8) is 0 Å². The van der Waals surface area contributed by atoms with Crippen LogP contribution in [0.1, 0.15) is 19.8 Å². The van der Waals surface area contributed by atoms with Crippen LogP contribution in [-0.4, -0.2) is 30.7 Å². The Bertz CT molecular complexity index is 760. The van der Waals surface area contributed by atoms with Crippen molar-refractivity contribution in [3.8, 4) is 11.4 Å². The lowest BCUT2D eigenvalue weighted by Gasteiger charge is -2.14. The van der Waals surface area contributed by atoms with Crippen LogP contribution in [0.15, 0.2) is 30.9 Å². The molecule has 0 radical (unpaired) electrons. The molecule has 1 fully saturated rings. The lowest BCUT2D eigenvalue weighted by molar-refractivity contribution is 0.823. The molecular weight excluding hydrogens is 252 g/mol. The molecule has 6 nitrogen and oxygen atoms in total. The van der Waals surface area contributed by atoms with E-state index in [-0.39, 0.29) is 5.54 Å². The minimum Gasteiger partial charge on any atom is -0.364 e. The van der Waals surface area contributed by atoms with Gasteiger partial charge in [0.25, 0.3) is 0 Å². The number of H-pyrrole nitrogens is 1. The molecule has 0 atom stereocenters. The molecule has 100 valence electrons. The summed E-state index contributed by atoms with van der Waals surface area (Å²) in [5, 5.41) is 11.3. The topological polar surface area (TPSA) is 79.4 Å². The smallest absolute Gasteiger partial charge is 0.165 e. The summed E-state index contributed by atoms with van der Waals surface area (Å²) in [6.45, 7) is 2.21. The molecule has 20 heavy (non-hydrogen) atoms. The van der Waals surface area contributed by atoms with Crippen molar-refractivity contribution in [2.24, 2.45) is 0 Å². The van der Waals surface area contributed by atoms with Gasteiger partial charge in [0.05, 0.1) is 23.5 Å². The summed E-state index contributed by atoms with van der Waals surface area (Å²) in [5.41, 5.74) is 1.88. The Morgan fingerprint density at radius 1 is 1.25 bits per heavy atom. The molecule has 6 heteroatoms. The predicted molar refractivity (Wildman–Crippen MR) is 76.2 cm³/mol. The van der Waals surface area contributed by atoms with E-state index in [1.54, 1.807) is 24.8 Å². The van der Waals surface area contributed by atoms with E-state index in [4.69, 9.17) is 0 Å². The summed E-state index contributed by atoms with van der Waals surface area (Å²) >= 11 is 0. The van der Waals surface area contributed by atoms with Crippen molar-refractivity contribution in [2.45, 2.75) is 25.3 Å². The lowest BCUT2D eigenvalue weighted by atomic mass is 10.2. The van der Waals surface area contributed by atoms with Crippen molar-refractivity contribution < 1.29 is 0 Å². The molecule has 3 aromatic heterocycles. The van der Waals surface area contributed by atoms with Crippen LogP contribution in [0.3, 0.4) is 0 Å². The van der Waals surface area contributed by atoms with Gasteiger partial charge < -0.3 is 5.32 Å². The number of pyridine rings is 1. The second-order valence-corrected chi connectivity index (χ2v) is 5.46. The van der Waals surface area contributed by atoms with Gasteiger partial charge in [-0.1, -0.05) is 0 Å². The molecule has 3 aromatic rings. The Labute approximate surface area is 115 Å². The third kappa shape index (κ3) is 1.89. The van der Waals surface area contributed by atoms with Gasteiger partial charge in [-0.15, -0.1) is 0 Å². The highest BCUT2D eigenvalue weighted by Gasteiger charge is 2.37. The Kier molecular flexibility index (Phi) is 2.26. The molecule has 0 saturated heterocycles. The van der Waals surface area contributed by atoms with Crippen LogP contribution in [-0.2, 0) is 0 Å². The molecule has 1 saturated carbocycles. The fourth-order valence-corrected chi connectivity index (χ4v) is 2.18. The zero-order valence-electron chi connectivity index (χ0n) is 11.1. The second-order valence-electron chi connectivity index (χ2n) is 5.46. The number of aromatic nitrogens is 5. The molecular formula is C14H14N6. The van der Waals surface area contributed by atoms with Gasteiger partial charge >= 0.3 is 0 Å². The molecule has 1 aliphatic rings. The summed E-state index contributed by atoms with van der Waals surface area (Å²) in [6.07, 6.45) is 9.39. The minimum atomic E-state index is 0.165. The predicted octanol–water partition coefficient (Wildman–Crippen LogP) is 2.38. The van der Waals surface area contributed by atoms with Crippen LogP contribution in [0.4, 0.5) is 5.82 Å². The first kappa shape index (κ1) is 11.3. The lowest BCUT2D eigenvalue weighted by Crippen LogP contribution is -2.17. The maximum absolute atomic E-state index is 4.66. The molecule has 0 aliphatic heterocycles. The molecule has 1 aliphatic carbocycles. The third-order valence-electron chi connectivity index (χ3n) is 3.68. The van der Waals surface area contributed by atoms with Gasteiger partial charge in [-0.05, 0) is 25.8 Å². The molecule has 0 spiro atoms. The molecule has 0 amide bonds. The van der Waals surface area contributed by atoms with Crippen LogP contribution in [0, 0.1) is 0 Å².